The molecule has 7 heteroatoms. The minimum absolute atomic E-state index is 0.0659. The van der Waals surface area contributed by atoms with Crippen molar-refractivity contribution < 1.29 is 17.9 Å². The van der Waals surface area contributed by atoms with Gasteiger partial charge in [-0.2, -0.15) is 13.2 Å². The molecule has 0 aliphatic rings. The third kappa shape index (κ3) is 4.64. The molecule has 0 aliphatic carbocycles. The van der Waals surface area contributed by atoms with Gasteiger partial charge in [-0.05, 0) is 23.9 Å². The number of alkyl halides is 3. The Morgan fingerprint density at radius 3 is 2.71 bits per heavy atom. The highest BCUT2D eigenvalue weighted by atomic mass is 32.2. The maximum Gasteiger partial charge on any atom is 0.441 e. The Balaban J connectivity index is 2.47. The lowest BCUT2D eigenvalue weighted by Crippen LogP contribution is -2.10. The molecule has 1 rings (SSSR count). The van der Waals surface area contributed by atoms with Gasteiger partial charge >= 0.3 is 5.51 Å². The van der Waals surface area contributed by atoms with E-state index in [0.717, 1.165) is 0 Å². The number of anilines is 2. The zero-order chi connectivity index (χ0) is 12.9. The van der Waals surface area contributed by atoms with Crippen LogP contribution in [-0.4, -0.2) is 24.9 Å². The van der Waals surface area contributed by atoms with E-state index in [0.29, 0.717) is 17.1 Å². The van der Waals surface area contributed by atoms with Crippen LogP contribution in [0.5, 0.6) is 5.75 Å². The first kappa shape index (κ1) is 13.8. The number of para-hydroxylation sites is 1. The smallest absolute Gasteiger partial charge is 0.441 e. The van der Waals surface area contributed by atoms with Crippen LogP contribution >= 0.6 is 11.8 Å². The number of rotatable bonds is 5. The van der Waals surface area contributed by atoms with Gasteiger partial charge in [-0.25, -0.2) is 0 Å². The monoisotopic (exact) mass is 266 g/mol. The number of nitrogens with two attached hydrogens (primary N) is 1. The zero-order valence-electron chi connectivity index (χ0n) is 9.17. The maximum absolute atomic E-state index is 11.9. The van der Waals surface area contributed by atoms with Crippen LogP contribution in [0, 0.1) is 0 Å². The standard InChI is InChI=1S/C10H13F3N2OS/c1-16-8-4-2-3-7(9(8)14)15-5-6-17-10(11,12)13/h2-4,15H,5-6,14H2,1H3. The minimum atomic E-state index is -4.19. The zero-order valence-corrected chi connectivity index (χ0v) is 9.99. The summed E-state index contributed by atoms with van der Waals surface area (Å²) in [5.41, 5.74) is 2.52. The molecule has 0 radical (unpaired) electrons. The van der Waals surface area contributed by atoms with Gasteiger partial charge in [0.2, 0.25) is 0 Å². The normalized spacial score (nSPS) is 11.3. The van der Waals surface area contributed by atoms with E-state index in [9.17, 15) is 13.2 Å². The van der Waals surface area contributed by atoms with Gasteiger partial charge in [0.05, 0.1) is 18.5 Å². The van der Waals surface area contributed by atoms with E-state index in [1.54, 1.807) is 18.2 Å². The predicted octanol–water partition coefficient (Wildman–Crippen LogP) is 2.94. The number of hydrogen-bond donors (Lipinski definition) is 2. The number of hydrogen-bond acceptors (Lipinski definition) is 4. The van der Waals surface area contributed by atoms with Crippen molar-refractivity contribution in [1.29, 1.82) is 0 Å². The van der Waals surface area contributed by atoms with Crippen LogP contribution in [0.15, 0.2) is 18.2 Å². The Morgan fingerprint density at radius 2 is 2.12 bits per heavy atom. The summed E-state index contributed by atoms with van der Waals surface area (Å²) in [6.45, 7) is 0.182. The molecule has 3 N–H and O–H groups in total. The molecule has 3 nitrogen and oxygen atoms in total. The Kier molecular flexibility index (Phi) is 4.80. The third-order valence-corrected chi connectivity index (χ3v) is 2.70. The topological polar surface area (TPSA) is 47.3 Å². The first-order chi connectivity index (χ1) is 7.94. The van der Waals surface area contributed by atoms with Crippen LogP contribution in [0.2, 0.25) is 0 Å². The van der Waals surface area contributed by atoms with Crippen LogP contribution < -0.4 is 15.8 Å². The fourth-order valence-corrected chi connectivity index (χ4v) is 1.66. The van der Waals surface area contributed by atoms with Crippen molar-refractivity contribution in [2.75, 3.05) is 30.5 Å². The van der Waals surface area contributed by atoms with Crippen molar-refractivity contribution in [2.45, 2.75) is 5.51 Å². The summed E-state index contributed by atoms with van der Waals surface area (Å²) in [4.78, 5) is 0. The minimum Gasteiger partial charge on any atom is -0.495 e. The fourth-order valence-electron chi connectivity index (χ4n) is 1.23. The van der Waals surface area contributed by atoms with E-state index < -0.39 is 5.51 Å². The van der Waals surface area contributed by atoms with Crippen LogP contribution in [0.3, 0.4) is 0 Å². The highest BCUT2D eigenvalue weighted by Gasteiger charge is 2.27. The average molecular weight is 266 g/mol. The van der Waals surface area contributed by atoms with Crippen molar-refractivity contribution in [3.63, 3.8) is 0 Å². The Bertz CT molecular complexity index is 371. The summed E-state index contributed by atoms with van der Waals surface area (Å²) in [5.74, 6) is 0.429. The molecule has 0 saturated carbocycles. The van der Waals surface area contributed by atoms with Crippen LogP contribution in [0.1, 0.15) is 0 Å². The van der Waals surface area contributed by atoms with E-state index >= 15 is 0 Å². The summed E-state index contributed by atoms with van der Waals surface area (Å²) in [6, 6.07) is 5.09. The van der Waals surface area contributed by atoms with Gasteiger partial charge in [-0.15, -0.1) is 0 Å². The Morgan fingerprint density at radius 1 is 1.41 bits per heavy atom. The van der Waals surface area contributed by atoms with Gasteiger partial charge in [-0.3, -0.25) is 0 Å². The first-order valence-corrected chi connectivity index (χ1v) is 5.79. The molecule has 0 amide bonds. The van der Waals surface area contributed by atoms with E-state index in [2.05, 4.69) is 5.32 Å². The molecule has 1 aromatic rings. The van der Waals surface area contributed by atoms with Gasteiger partial charge in [-0.1, -0.05) is 6.07 Å². The molecule has 0 atom stereocenters. The molecule has 0 aromatic heterocycles. The van der Waals surface area contributed by atoms with Gasteiger partial charge in [0.15, 0.2) is 0 Å². The van der Waals surface area contributed by atoms with E-state index in [1.165, 1.54) is 7.11 Å². The highest BCUT2D eigenvalue weighted by Crippen LogP contribution is 2.31. The Hall–Kier alpha value is -1.24. The lowest BCUT2D eigenvalue weighted by molar-refractivity contribution is -0.0327. The average Bonchev–Trinajstić information content (AvgIpc) is 2.25. The molecule has 0 unspecified atom stereocenters. The number of halogens is 3. The van der Waals surface area contributed by atoms with Gasteiger partial charge in [0.1, 0.15) is 5.75 Å². The molecule has 0 heterocycles. The molecule has 0 fully saturated rings. The summed E-state index contributed by atoms with van der Waals surface area (Å²) in [5, 5.41) is 2.83. The first-order valence-electron chi connectivity index (χ1n) is 4.81. The lowest BCUT2D eigenvalue weighted by atomic mass is 10.2. The van der Waals surface area contributed by atoms with Crippen molar-refractivity contribution in [1.82, 2.24) is 0 Å². The summed E-state index contributed by atoms with van der Waals surface area (Å²) < 4.78 is 40.6. The summed E-state index contributed by atoms with van der Waals surface area (Å²) >= 11 is -0.0659. The number of benzene rings is 1. The van der Waals surface area contributed by atoms with Crippen molar-refractivity contribution in [3.05, 3.63) is 18.2 Å². The molecule has 0 bridgehead atoms. The molecular weight excluding hydrogens is 253 g/mol. The van der Waals surface area contributed by atoms with E-state index in [-0.39, 0.29) is 24.1 Å². The number of nitrogens with one attached hydrogen (secondary N) is 1. The predicted molar refractivity (Wildman–Crippen MR) is 64.4 cm³/mol. The molecule has 0 saturated heterocycles. The molecule has 96 valence electrons. The maximum atomic E-state index is 11.9. The van der Waals surface area contributed by atoms with Gasteiger partial charge in [0.25, 0.3) is 0 Å². The second-order valence-corrected chi connectivity index (χ2v) is 4.30. The number of methoxy groups -OCH3 is 1. The van der Waals surface area contributed by atoms with Crippen LogP contribution in [0.25, 0.3) is 0 Å². The number of nitrogen functional groups attached to an aromatic ring is 1. The second-order valence-electron chi connectivity index (χ2n) is 3.14. The van der Waals surface area contributed by atoms with Crippen LogP contribution in [0.4, 0.5) is 24.5 Å². The van der Waals surface area contributed by atoms with Gasteiger partial charge in [0, 0.05) is 12.3 Å². The Labute approximate surface area is 102 Å². The number of thioether (sulfide) groups is 1. The van der Waals surface area contributed by atoms with Gasteiger partial charge < -0.3 is 15.8 Å². The molecule has 17 heavy (non-hydrogen) atoms. The lowest BCUT2D eigenvalue weighted by Gasteiger charge is -2.12. The van der Waals surface area contributed by atoms with Crippen LogP contribution in [-0.2, 0) is 0 Å². The van der Waals surface area contributed by atoms with Crippen molar-refractivity contribution in [3.8, 4) is 5.75 Å². The highest BCUT2D eigenvalue weighted by molar-refractivity contribution is 8.00. The molecular formula is C10H13F3N2OS. The molecule has 1 aromatic carbocycles. The summed E-state index contributed by atoms with van der Waals surface area (Å²) in [7, 11) is 1.48. The van der Waals surface area contributed by atoms with E-state index in [1.807, 2.05) is 0 Å². The second kappa shape index (κ2) is 5.90. The SMILES string of the molecule is COc1cccc(NCCSC(F)(F)F)c1N. The van der Waals surface area contributed by atoms with Crippen molar-refractivity contribution in [2.24, 2.45) is 0 Å². The molecule has 0 spiro atoms. The third-order valence-electron chi connectivity index (χ3n) is 1.97. The summed E-state index contributed by atoms with van der Waals surface area (Å²) in [6.07, 6.45) is 0. The number of ether oxygens (including phenoxy) is 1. The molecule has 0 aliphatic heterocycles. The quantitative estimate of drug-likeness (QED) is 0.635. The van der Waals surface area contributed by atoms with E-state index in [4.69, 9.17) is 10.5 Å². The fraction of sp³-hybridized carbons (Fsp3) is 0.400. The largest absolute Gasteiger partial charge is 0.495 e. The van der Waals surface area contributed by atoms with Crippen molar-refractivity contribution >= 4 is 23.1 Å².